The van der Waals surface area contributed by atoms with Crippen LogP contribution in [0.5, 0.6) is 0 Å². The lowest BCUT2D eigenvalue weighted by Gasteiger charge is -2.25. The molecule has 0 saturated carbocycles. The number of amidine groups is 2. The Morgan fingerprint density at radius 3 is 2.06 bits per heavy atom. The fourth-order valence-corrected chi connectivity index (χ4v) is 7.24. The number of para-hydroxylation sites is 2. The summed E-state index contributed by atoms with van der Waals surface area (Å²) in [6.45, 7) is 0.694. The SMILES string of the molecule is C1=C(c2ccc(C3=NC(c4cccc5oc6ccccc6c45)=NC(c4ccccc4)N3)c3ccccc23)c2c(oc3ccccc23)NC1. The highest BCUT2D eigenvalue weighted by Gasteiger charge is 2.27. The maximum Gasteiger partial charge on any atom is 0.202 e. The summed E-state index contributed by atoms with van der Waals surface area (Å²) in [6.07, 6.45) is 1.93. The molecule has 2 aliphatic heterocycles. The Morgan fingerprint density at radius 2 is 1.23 bits per heavy atom. The van der Waals surface area contributed by atoms with Gasteiger partial charge < -0.3 is 19.5 Å². The molecule has 2 aromatic heterocycles. The Labute approximate surface area is 275 Å². The fraction of sp³-hybridized carbons (Fsp3) is 0.0476. The van der Waals surface area contributed by atoms with Crippen molar-refractivity contribution in [1.29, 1.82) is 0 Å². The van der Waals surface area contributed by atoms with E-state index in [2.05, 4.69) is 89.5 Å². The van der Waals surface area contributed by atoms with Crippen LogP contribution in [0, 0.1) is 0 Å². The number of benzene rings is 6. The molecule has 0 radical (unpaired) electrons. The molecule has 2 aliphatic rings. The lowest BCUT2D eigenvalue weighted by Crippen LogP contribution is -2.33. The van der Waals surface area contributed by atoms with Gasteiger partial charge in [0.1, 0.15) is 28.8 Å². The molecule has 4 heterocycles. The Morgan fingerprint density at radius 1 is 0.562 bits per heavy atom. The van der Waals surface area contributed by atoms with Crippen LogP contribution in [0.1, 0.15) is 34.0 Å². The maximum absolute atomic E-state index is 6.25. The van der Waals surface area contributed by atoms with Crippen LogP contribution < -0.4 is 10.6 Å². The van der Waals surface area contributed by atoms with Crippen molar-refractivity contribution in [3.63, 3.8) is 0 Å². The van der Waals surface area contributed by atoms with E-state index >= 15 is 0 Å². The molecular weight excluding hydrogens is 592 g/mol. The average molecular weight is 621 g/mol. The lowest BCUT2D eigenvalue weighted by molar-refractivity contribution is 0.627. The molecule has 0 spiro atoms. The van der Waals surface area contributed by atoms with Crippen molar-refractivity contribution in [3.05, 3.63) is 167 Å². The molecule has 10 rings (SSSR count). The second-order valence-corrected chi connectivity index (χ2v) is 12.2. The van der Waals surface area contributed by atoms with Gasteiger partial charge in [-0.15, -0.1) is 0 Å². The number of fused-ring (bicyclic) bond motifs is 7. The van der Waals surface area contributed by atoms with Gasteiger partial charge in [-0.25, -0.2) is 9.98 Å². The van der Waals surface area contributed by atoms with Gasteiger partial charge in [0.25, 0.3) is 0 Å². The van der Waals surface area contributed by atoms with Crippen LogP contribution in [0.2, 0.25) is 0 Å². The number of nitrogens with one attached hydrogen (secondary N) is 2. The van der Waals surface area contributed by atoms with E-state index in [4.69, 9.17) is 18.8 Å². The summed E-state index contributed by atoms with van der Waals surface area (Å²) in [5.41, 5.74) is 8.98. The number of aliphatic imine (C=N–C) groups is 2. The number of furan rings is 2. The van der Waals surface area contributed by atoms with Crippen LogP contribution in [0.15, 0.2) is 158 Å². The zero-order valence-corrected chi connectivity index (χ0v) is 25.8. The van der Waals surface area contributed by atoms with Gasteiger partial charge in [-0.1, -0.05) is 121 Å². The molecular formula is C42H28N4O2. The molecule has 0 amide bonds. The van der Waals surface area contributed by atoms with E-state index in [9.17, 15) is 0 Å². The summed E-state index contributed by atoms with van der Waals surface area (Å²) >= 11 is 0. The Hall–Kier alpha value is -6.40. The third-order valence-corrected chi connectivity index (χ3v) is 9.40. The van der Waals surface area contributed by atoms with Crippen molar-refractivity contribution in [2.24, 2.45) is 9.98 Å². The highest BCUT2D eigenvalue weighted by atomic mass is 16.4. The predicted molar refractivity (Wildman–Crippen MR) is 195 cm³/mol. The minimum Gasteiger partial charge on any atom is -0.456 e. The predicted octanol–water partition coefficient (Wildman–Crippen LogP) is 9.84. The number of anilines is 1. The van der Waals surface area contributed by atoms with Crippen molar-refractivity contribution < 1.29 is 8.83 Å². The zero-order valence-electron chi connectivity index (χ0n) is 25.8. The van der Waals surface area contributed by atoms with Gasteiger partial charge in [0, 0.05) is 33.8 Å². The molecule has 0 saturated heterocycles. The van der Waals surface area contributed by atoms with E-state index in [1.54, 1.807) is 0 Å². The summed E-state index contributed by atoms with van der Waals surface area (Å²) in [4.78, 5) is 10.5. The first kappa shape index (κ1) is 26.8. The second kappa shape index (κ2) is 10.6. The smallest absolute Gasteiger partial charge is 0.202 e. The number of hydrogen-bond donors (Lipinski definition) is 2. The van der Waals surface area contributed by atoms with Crippen LogP contribution in [-0.2, 0) is 0 Å². The minimum atomic E-state index is -0.326. The first-order chi connectivity index (χ1) is 23.8. The van der Waals surface area contributed by atoms with E-state index in [0.29, 0.717) is 12.4 Å². The third-order valence-electron chi connectivity index (χ3n) is 9.40. The maximum atomic E-state index is 6.25. The molecule has 0 bridgehead atoms. The van der Waals surface area contributed by atoms with E-state index in [-0.39, 0.29) is 6.17 Å². The number of rotatable bonds is 4. The van der Waals surface area contributed by atoms with Gasteiger partial charge in [0.2, 0.25) is 5.88 Å². The van der Waals surface area contributed by atoms with E-state index in [1.807, 2.05) is 60.7 Å². The first-order valence-corrected chi connectivity index (χ1v) is 16.2. The molecule has 6 aromatic carbocycles. The molecule has 0 aliphatic carbocycles. The molecule has 6 heteroatoms. The minimum absolute atomic E-state index is 0.326. The molecule has 1 unspecified atom stereocenters. The zero-order chi connectivity index (χ0) is 31.6. The van der Waals surface area contributed by atoms with E-state index in [1.165, 1.54) is 0 Å². The molecule has 1 atom stereocenters. The Kier molecular flexibility index (Phi) is 5.90. The summed E-state index contributed by atoms with van der Waals surface area (Å²) in [5.74, 6) is 2.25. The standard InChI is InChI=1S/C42H28N4O2/c1-2-11-25(12-3-1)39-44-40(46-41(45-39)33-17-10-20-36-37(33)31-15-6-8-18-34(31)47-36)30-22-21-28(26-13-4-5-14-27(26)30)29-23-24-43-42-38(29)32-16-7-9-19-35(32)48-42/h1-23,39,43H,24H2,(H,44,45,46). The summed E-state index contributed by atoms with van der Waals surface area (Å²) in [6, 6.07) is 45.8. The molecule has 228 valence electrons. The largest absolute Gasteiger partial charge is 0.456 e. The van der Waals surface area contributed by atoms with Crippen molar-refractivity contribution >= 4 is 66.8 Å². The summed E-state index contributed by atoms with van der Waals surface area (Å²) in [7, 11) is 0. The lowest BCUT2D eigenvalue weighted by atomic mass is 9.89. The van der Waals surface area contributed by atoms with Crippen molar-refractivity contribution in [3.8, 4) is 0 Å². The quantitative estimate of drug-likeness (QED) is 0.205. The highest BCUT2D eigenvalue weighted by molar-refractivity contribution is 6.24. The molecule has 2 N–H and O–H groups in total. The summed E-state index contributed by atoms with van der Waals surface area (Å²) < 4.78 is 12.5. The normalized spacial score (nSPS) is 15.9. The first-order valence-electron chi connectivity index (χ1n) is 16.2. The number of hydrogen-bond acceptors (Lipinski definition) is 6. The average Bonchev–Trinajstić information content (AvgIpc) is 3.73. The van der Waals surface area contributed by atoms with E-state index in [0.717, 1.165) is 88.8 Å². The highest BCUT2D eigenvalue weighted by Crippen LogP contribution is 2.43. The monoisotopic (exact) mass is 620 g/mol. The topological polar surface area (TPSA) is 75.1 Å². The summed E-state index contributed by atoms with van der Waals surface area (Å²) in [5, 5.41) is 12.5. The van der Waals surface area contributed by atoms with Crippen LogP contribution in [0.25, 0.3) is 49.3 Å². The van der Waals surface area contributed by atoms with Gasteiger partial charge in [-0.05, 0) is 45.7 Å². The van der Waals surface area contributed by atoms with Crippen LogP contribution in [0.3, 0.4) is 0 Å². The molecule has 6 nitrogen and oxygen atoms in total. The van der Waals surface area contributed by atoms with Gasteiger partial charge in [0.05, 0.1) is 5.56 Å². The van der Waals surface area contributed by atoms with Crippen LogP contribution >= 0.6 is 0 Å². The van der Waals surface area contributed by atoms with Crippen molar-refractivity contribution in [2.75, 3.05) is 11.9 Å². The number of nitrogens with zero attached hydrogens (tertiary/aromatic N) is 2. The third kappa shape index (κ3) is 4.12. The van der Waals surface area contributed by atoms with Crippen LogP contribution in [-0.4, -0.2) is 18.2 Å². The van der Waals surface area contributed by atoms with Gasteiger partial charge >= 0.3 is 0 Å². The second-order valence-electron chi connectivity index (χ2n) is 12.2. The molecule has 0 fully saturated rings. The van der Waals surface area contributed by atoms with E-state index < -0.39 is 0 Å². The van der Waals surface area contributed by atoms with Gasteiger partial charge in [0.15, 0.2) is 5.84 Å². The van der Waals surface area contributed by atoms with Gasteiger partial charge in [-0.3, -0.25) is 0 Å². The van der Waals surface area contributed by atoms with Gasteiger partial charge in [-0.2, -0.15) is 0 Å². The Bertz CT molecular complexity index is 2660. The molecule has 48 heavy (non-hydrogen) atoms. The molecule has 8 aromatic rings. The van der Waals surface area contributed by atoms with Crippen molar-refractivity contribution in [2.45, 2.75) is 6.17 Å². The van der Waals surface area contributed by atoms with Crippen molar-refractivity contribution in [1.82, 2.24) is 5.32 Å². The van der Waals surface area contributed by atoms with Crippen LogP contribution in [0.4, 0.5) is 5.88 Å². The Balaban J connectivity index is 1.16. The fourth-order valence-electron chi connectivity index (χ4n) is 7.24.